The lowest BCUT2D eigenvalue weighted by Gasteiger charge is -2.38. The van der Waals surface area contributed by atoms with Gasteiger partial charge in [0.05, 0.1) is 11.0 Å². The second kappa shape index (κ2) is 5.64. The number of aryl methyl sites for hydroxylation is 1. The van der Waals surface area contributed by atoms with Gasteiger partial charge in [0.2, 0.25) is 0 Å². The Morgan fingerprint density at radius 3 is 2.92 bits per heavy atom. The van der Waals surface area contributed by atoms with Crippen LogP contribution >= 0.6 is 11.6 Å². The molecular formula is C19H17ClN2O2. The lowest BCUT2D eigenvalue weighted by atomic mass is 9.76. The molecule has 0 spiro atoms. The molecule has 1 aliphatic heterocycles. The molecule has 0 fully saturated rings. The fourth-order valence-electron chi connectivity index (χ4n) is 4.00. The molecule has 24 heavy (non-hydrogen) atoms. The monoisotopic (exact) mass is 340 g/mol. The maximum Gasteiger partial charge on any atom is 0.269 e. The first-order valence-corrected chi connectivity index (χ1v) is 8.40. The molecule has 122 valence electrons. The molecule has 1 heterocycles. The van der Waals surface area contributed by atoms with Gasteiger partial charge in [-0.05, 0) is 48.1 Å². The molecule has 0 aromatic heterocycles. The Morgan fingerprint density at radius 1 is 1.29 bits per heavy atom. The average Bonchev–Trinajstić information content (AvgIpc) is 3.04. The molecule has 4 nitrogen and oxygen atoms in total. The van der Waals surface area contributed by atoms with E-state index in [0.717, 1.165) is 28.3 Å². The number of benzene rings is 2. The molecule has 1 aliphatic carbocycles. The quantitative estimate of drug-likeness (QED) is 0.453. The first-order valence-electron chi connectivity index (χ1n) is 8.02. The highest BCUT2D eigenvalue weighted by Crippen LogP contribution is 2.51. The molecule has 4 rings (SSSR count). The van der Waals surface area contributed by atoms with Crippen molar-refractivity contribution in [2.24, 2.45) is 5.92 Å². The van der Waals surface area contributed by atoms with Gasteiger partial charge in [-0.25, -0.2) is 0 Å². The molecule has 0 saturated carbocycles. The minimum Gasteiger partial charge on any atom is -0.377 e. The van der Waals surface area contributed by atoms with Crippen molar-refractivity contribution in [3.63, 3.8) is 0 Å². The van der Waals surface area contributed by atoms with Crippen LogP contribution < -0.4 is 5.32 Å². The molecule has 2 aliphatic rings. The Labute approximate surface area is 145 Å². The molecule has 0 radical (unpaired) electrons. The lowest BCUT2D eigenvalue weighted by Crippen LogP contribution is -2.29. The number of anilines is 1. The summed E-state index contributed by atoms with van der Waals surface area (Å²) in [6.07, 6.45) is 5.40. The smallest absolute Gasteiger partial charge is 0.269 e. The Hall–Kier alpha value is -2.33. The van der Waals surface area contributed by atoms with Gasteiger partial charge >= 0.3 is 0 Å². The predicted octanol–water partition coefficient (Wildman–Crippen LogP) is 5.38. The van der Waals surface area contributed by atoms with Gasteiger partial charge in [0.1, 0.15) is 0 Å². The third-order valence-corrected chi connectivity index (χ3v) is 5.29. The van der Waals surface area contributed by atoms with E-state index in [4.69, 9.17) is 11.6 Å². The van der Waals surface area contributed by atoms with Gasteiger partial charge in [-0.2, -0.15) is 0 Å². The van der Waals surface area contributed by atoms with Crippen LogP contribution in [0, 0.1) is 23.0 Å². The highest BCUT2D eigenvalue weighted by atomic mass is 35.5. The zero-order valence-electron chi connectivity index (χ0n) is 13.2. The van der Waals surface area contributed by atoms with Gasteiger partial charge in [-0.15, -0.1) is 0 Å². The first kappa shape index (κ1) is 15.2. The Bertz CT molecular complexity index is 862. The molecule has 3 atom stereocenters. The molecule has 0 bridgehead atoms. The fraction of sp³-hybridized carbons (Fsp3) is 0.263. The molecule has 5 heteroatoms. The number of allylic oxidation sites excluding steroid dienone is 2. The molecular weight excluding hydrogens is 324 g/mol. The minimum absolute atomic E-state index is 0.0530. The summed E-state index contributed by atoms with van der Waals surface area (Å²) in [7, 11) is 0. The Kier molecular flexibility index (Phi) is 3.57. The number of fused-ring (bicyclic) bond motifs is 3. The van der Waals surface area contributed by atoms with E-state index in [9.17, 15) is 10.1 Å². The largest absolute Gasteiger partial charge is 0.377 e. The summed E-state index contributed by atoms with van der Waals surface area (Å²) < 4.78 is 0. The van der Waals surface area contributed by atoms with Gasteiger partial charge in [0, 0.05) is 28.8 Å². The molecule has 0 unspecified atom stereocenters. The standard InChI is InChI=1S/C19H17ClN2O2/c1-11-8-13(20)10-17-15-6-3-7-16(15)19(21-18(11)17)12-4-2-5-14(9-12)22(23)24/h2-6,8-10,15-16,19,21H,7H2,1H3/t15-,16+,19-/m1/s1. The van der Waals surface area contributed by atoms with E-state index in [-0.39, 0.29) is 16.7 Å². The minimum atomic E-state index is -0.338. The van der Waals surface area contributed by atoms with Crippen LogP contribution in [0.1, 0.15) is 35.1 Å². The van der Waals surface area contributed by atoms with Crippen LogP contribution in [-0.2, 0) is 0 Å². The van der Waals surface area contributed by atoms with E-state index >= 15 is 0 Å². The second-order valence-corrected chi connectivity index (χ2v) is 6.95. The third kappa shape index (κ3) is 2.38. The Morgan fingerprint density at radius 2 is 2.12 bits per heavy atom. The van der Waals surface area contributed by atoms with E-state index in [1.807, 2.05) is 25.1 Å². The van der Waals surface area contributed by atoms with E-state index < -0.39 is 0 Å². The molecule has 0 amide bonds. The maximum absolute atomic E-state index is 11.1. The van der Waals surface area contributed by atoms with Crippen LogP contribution in [0.3, 0.4) is 0 Å². The summed E-state index contributed by atoms with van der Waals surface area (Å²) in [5.74, 6) is 0.639. The number of nitro groups is 1. The van der Waals surface area contributed by atoms with Crippen molar-refractivity contribution in [1.82, 2.24) is 0 Å². The number of nitrogens with zero attached hydrogens (tertiary/aromatic N) is 1. The Balaban J connectivity index is 1.81. The number of nitrogens with one attached hydrogen (secondary N) is 1. The van der Waals surface area contributed by atoms with Crippen molar-refractivity contribution in [2.45, 2.75) is 25.3 Å². The van der Waals surface area contributed by atoms with Gasteiger partial charge in [-0.1, -0.05) is 35.9 Å². The highest BCUT2D eigenvalue weighted by molar-refractivity contribution is 6.30. The zero-order chi connectivity index (χ0) is 16.8. The van der Waals surface area contributed by atoms with Crippen molar-refractivity contribution in [1.29, 1.82) is 0 Å². The molecule has 2 aromatic carbocycles. The number of hydrogen-bond acceptors (Lipinski definition) is 3. The average molecular weight is 341 g/mol. The third-order valence-electron chi connectivity index (χ3n) is 5.07. The van der Waals surface area contributed by atoms with Gasteiger partial charge in [0.15, 0.2) is 0 Å². The van der Waals surface area contributed by atoms with Crippen molar-refractivity contribution < 1.29 is 4.92 Å². The normalized spacial score (nSPS) is 24.2. The van der Waals surface area contributed by atoms with Crippen LogP contribution in [0.15, 0.2) is 48.6 Å². The first-order chi connectivity index (χ1) is 11.5. The highest BCUT2D eigenvalue weighted by Gasteiger charge is 2.38. The SMILES string of the molecule is Cc1cc(Cl)cc2c1N[C@H](c1cccc([N+](=O)[O-])c1)[C@H]1CC=C[C@@H]21. The van der Waals surface area contributed by atoms with Crippen LogP contribution in [0.4, 0.5) is 11.4 Å². The number of rotatable bonds is 2. The number of halogens is 1. The van der Waals surface area contributed by atoms with Crippen molar-refractivity contribution in [3.05, 3.63) is 80.4 Å². The van der Waals surface area contributed by atoms with Crippen molar-refractivity contribution in [2.75, 3.05) is 5.32 Å². The summed E-state index contributed by atoms with van der Waals surface area (Å²) in [5.41, 5.74) is 4.52. The number of hydrogen-bond donors (Lipinski definition) is 1. The van der Waals surface area contributed by atoms with Gasteiger partial charge in [0.25, 0.3) is 5.69 Å². The fourth-order valence-corrected chi connectivity index (χ4v) is 4.28. The lowest BCUT2D eigenvalue weighted by molar-refractivity contribution is -0.384. The number of non-ortho nitro benzene ring substituents is 1. The van der Waals surface area contributed by atoms with Crippen molar-refractivity contribution >= 4 is 23.0 Å². The van der Waals surface area contributed by atoms with E-state index in [2.05, 4.69) is 17.5 Å². The summed E-state index contributed by atoms with van der Waals surface area (Å²) in [5, 5.41) is 15.5. The van der Waals surface area contributed by atoms with Gasteiger partial charge < -0.3 is 5.32 Å². The second-order valence-electron chi connectivity index (χ2n) is 6.51. The molecule has 2 aromatic rings. The van der Waals surface area contributed by atoms with Gasteiger partial charge in [-0.3, -0.25) is 10.1 Å². The van der Waals surface area contributed by atoms with E-state index in [0.29, 0.717) is 11.8 Å². The van der Waals surface area contributed by atoms with Crippen LogP contribution in [0.25, 0.3) is 0 Å². The summed E-state index contributed by atoms with van der Waals surface area (Å²) >= 11 is 6.25. The van der Waals surface area contributed by atoms with Crippen molar-refractivity contribution in [3.8, 4) is 0 Å². The summed E-state index contributed by atoms with van der Waals surface area (Å²) in [6.45, 7) is 2.04. The van der Waals surface area contributed by atoms with Crippen LogP contribution in [0.5, 0.6) is 0 Å². The number of nitro benzene ring substituents is 1. The summed E-state index contributed by atoms with van der Waals surface area (Å²) in [6, 6.07) is 11.0. The van der Waals surface area contributed by atoms with Crippen LogP contribution in [-0.4, -0.2) is 4.92 Å². The molecule has 0 saturated heterocycles. The summed E-state index contributed by atoms with van der Waals surface area (Å²) in [4.78, 5) is 10.8. The molecule has 1 N–H and O–H groups in total. The predicted molar refractivity (Wildman–Crippen MR) is 95.6 cm³/mol. The van der Waals surface area contributed by atoms with Crippen LogP contribution in [0.2, 0.25) is 5.02 Å². The maximum atomic E-state index is 11.1. The van der Waals surface area contributed by atoms with E-state index in [1.165, 1.54) is 11.6 Å². The van der Waals surface area contributed by atoms with E-state index in [1.54, 1.807) is 12.1 Å². The topological polar surface area (TPSA) is 55.2 Å². The zero-order valence-corrected chi connectivity index (χ0v) is 14.0.